The van der Waals surface area contributed by atoms with E-state index in [0.717, 1.165) is 0 Å². The van der Waals surface area contributed by atoms with E-state index in [1.165, 1.54) is 6.61 Å². The fraction of sp³-hybridized carbons (Fsp3) is 0.810. The third kappa shape index (κ3) is 6.47. The lowest BCUT2D eigenvalue weighted by Crippen LogP contribution is -2.56. The third-order valence-electron chi connectivity index (χ3n) is 4.10. The summed E-state index contributed by atoms with van der Waals surface area (Å²) in [7, 11) is 0. The molecule has 161 valence electrons. The maximum atomic E-state index is 12.5. The van der Waals surface area contributed by atoms with Crippen molar-refractivity contribution < 1.29 is 33.3 Å². The highest BCUT2D eigenvalue weighted by atomic mass is 16.6. The SMILES string of the molecule is C[C@@H]1O[CH][C@H](OC(=O)C(C)(C)C)[C@H](OC(=O)C(C)(C)C)[C@H]1OC(=O)C(C)(C)C. The van der Waals surface area contributed by atoms with E-state index in [-0.39, 0.29) is 0 Å². The molecular formula is C21H35O7. The summed E-state index contributed by atoms with van der Waals surface area (Å²) in [6.07, 6.45) is -3.49. The molecule has 0 amide bonds. The van der Waals surface area contributed by atoms with Gasteiger partial charge in [0.2, 0.25) is 0 Å². The molecule has 0 aromatic carbocycles. The molecule has 7 nitrogen and oxygen atoms in total. The van der Waals surface area contributed by atoms with Crippen LogP contribution in [0.3, 0.4) is 0 Å². The Labute approximate surface area is 168 Å². The lowest BCUT2D eigenvalue weighted by atomic mass is 9.94. The predicted molar refractivity (Wildman–Crippen MR) is 103 cm³/mol. The van der Waals surface area contributed by atoms with Crippen molar-refractivity contribution in [2.24, 2.45) is 16.2 Å². The van der Waals surface area contributed by atoms with Crippen LogP contribution in [-0.4, -0.2) is 42.3 Å². The Bertz CT molecular complexity index is 589. The number of carbonyl (C=O) groups excluding carboxylic acids is 3. The minimum absolute atomic E-state index is 0.465. The molecule has 4 atom stereocenters. The van der Waals surface area contributed by atoms with Crippen molar-refractivity contribution in [3.63, 3.8) is 0 Å². The molecule has 0 spiro atoms. The van der Waals surface area contributed by atoms with Gasteiger partial charge in [-0.05, 0) is 69.2 Å². The molecule has 1 heterocycles. The van der Waals surface area contributed by atoms with E-state index in [2.05, 4.69) is 0 Å². The van der Waals surface area contributed by atoms with E-state index >= 15 is 0 Å². The number of hydrogen-bond donors (Lipinski definition) is 0. The van der Waals surface area contributed by atoms with E-state index in [1.54, 1.807) is 69.2 Å². The molecule has 0 saturated carbocycles. The summed E-state index contributed by atoms with van der Waals surface area (Å²) in [5, 5.41) is 0. The van der Waals surface area contributed by atoms with Crippen molar-refractivity contribution in [3.8, 4) is 0 Å². The molecular weight excluding hydrogens is 364 g/mol. The molecule has 0 aromatic heterocycles. The number of rotatable bonds is 3. The van der Waals surface area contributed by atoms with Crippen molar-refractivity contribution >= 4 is 17.9 Å². The molecule has 0 bridgehead atoms. The summed E-state index contributed by atoms with van der Waals surface area (Å²) >= 11 is 0. The third-order valence-corrected chi connectivity index (χ3v) is 4.10. The van der Waals surface area contributed by atoms with Crippen molar-refractivity contribution in [2.75, 3.05) is 0 Å². The molecule has 28 heavy (non-hydrogen) atoms. The zero-order chi connectivity index (χ0) is 22.1. The van der Waals surface area contributed by atoms with Crippen LogP contribution in [-0.2, 0) is 33.3 Å². The van der Waals surface area contributed by atoms with Crippen molar-refractivity contribution in [2.45, 2.75) is 93.7 Å². The first-order chi connectivity index (χ1) is 12.4. The van der Waals surface area contributed by atoms with Gasteiger partial charge in [-0.3, -0.25) is 14.4 Å². The van der Waals surface area contributed by atoms with Crippen LogP contribution in [0.5, 0.6) is 0 Å². The smallest absolute Gasteiger partial charge is 0.311 e. The zero-order valence-electron chi connectivity index (χ0n) is 18.7. The first kappa shape index (κ1) is 24.4. The molecule has 0 unspecified atom stereocenters. The second-order valence-corrected chi connectivity index (χ2v) is 10.3. The second kappa shape index (κ2) is 8.39. The van der Waals surface area contributed by atoms with Gasteiger partial charge in [-0.2, -0.15) is 0 Å². The van der Waals surface area contributed by atoms with Crippen molar-refractivity contribution in [1.82, 2.24) is 0 Å². The van der Waals surface area contributed by atoms with Gasteiger partial charge in [-0.25, -0.2) is 0 Å². The minimum atomic E-state index is -1.01. The molecule has 1 radical (unpaired) electrons. The predicted octanol–water partition coefficient (Wildman–Crippen LogP) is 3.44. The Balaban J connectivity index is 3.18. The fourth-order valence-corrected chi connectivity index (χ4v) is 2.10. The summed E-state index contributed by atoms with van der Waals surface area (Å²) in [6, 6.07) is 0. The Hall–Kier alpha value is -1.63. The highest BCUT2D eigenvalue weighted by molar-refractivity contribution is 5.77. The van der Waals surface area contributed by atoms with Gasteiger partial charge >= 0.3 is 17.9 Å². The molecule has 1 saturated heterocycles. The van der Waals surface area contributed by atoms with Gasteiger partial charge in [0.1, 0.15) is 6.61 Å². The summed E-state index contributed by atoms with van der Waals surface area (Å²) in [6.45, 7) is 18.5. The quantitative estimate of drug-likeness (QED) is 0.530. The first-order valence-electron chi connectivity index (χ1n) is 9.56. The van der Waals surface area contributed by atoms with Crippen LogP contribution in [0.2, 0.25) is 0 Å². The van der Waals surface area contributed by atoms with Crippen LogP contribution in [0.1, 0.15) is 69.2 Å². The zero-order valence-corrected chi connectivity index (χ0v) is 18.7. The molecule has 1 rings (SSSR count). The molecule has 1 aliphatic heterocycles. The van der Waals surface area contributed by atoms with Crippen LogP contribution in [0.4, 0.5) is 0 Å². The molecule has 7 heteroatoms. The Morgan fingerprint density at radius 2 is 1.04 bits per heavy atom. The maximum absolute atomic E-state index is 12.5. The highest BCUT2D eigenvalue weighted by Crippen LogP contribution is 2.31. The van der Waals surface area contributed by atoms with Crippen LogP contribution < -0.4 is 0 Å². The summed E-state index contributed by atoms with van der Waals surface area (Å²) in [5.74, 6) is -1.44. The standard InChI is InChI=1S/C21H35O7/c1-12-14(27-17(23)20(5,6)7)15(28-18(24)21(8,9)10)13(11-25-12)26-16(22)19(2,3)4/h11-15H,1-10H3/t12-,13-,14-,15-/m0/s1. The Morgan fingerprint density at radius 1 is 0.679 bits per heavy atom. The number of ether oxygens (including phenoxy) is 4. The lowest BCUT2D eigenvalue weighted by Gasteiger charge is -2.41. The molecule has 0 aromatic rings. The topological polar surface area (TPSA) is 88.1 Å². The average Bonchev–Trinajstić information content (AvgIpc) is 2.49. The van der Waals surface area contributed by atoms with E-state index < -0.39 is 58.6 Å². The van der Waals surface area contributed by atoms with Crippen molar-refractivity contribution in [1.29, 1.82) is 0 Å². The van der Waals surface area contributed by atoms with Gasteiger partial charge in [-0.1, -0.05) is 0 Å². The Morgan fingerprint density at radius 3 is 1.43 bits per heavy atom. The molecule has 0 aliphatic carbocycles. The average molecular weight is 400 g/mol. The monoisotopic (exact) mass is 399 g/mol. The van der Waals surface area contributed by atoms with Gasteiger partial charge in [0.25, 0.3) is 0 Å². The van der Waals surface area contributed by atoms with E-state index in [0.29, 0.717) is 0 Å². The fourth-order valence-electron chi connectivity index (χ4n) is 2.10. The van der Waals surface area contributed by atoms with Gasteiger partial charge in [0.15, 0.2) is 18.3 Å². The molecule has 1 aliphatic rings. The number of hydrogen-bond acceptors (Lipinski definition) is 7. The molecule has 0 N–H and O–H groups in total. The van der Waals surface area contributed by atoms with Gasteiger partial charge in [0.05, 0.1) is 22.3 Å². The second-order valence-electron chi connectivity index (χ2n) is 10.3. The van der Waals surface area contributed by atoms with Crippen LogP contribution in [0.15, 0.2) is 0 Å². The largest absolute Gasteiger partial charge is 0.455 e. The molecule has 1 fully saturated rings. The summed E-state index contributed by atoms with van der Waals surface area (Å²) < 4.78 is 22.4. The van der Waals surface area contributed by atoms with Gasteiger partial charge in [-0.15, -0.1) is 0 Å². The van der Waals surface area contributed by atoms with Crippen LogP contribution in [0, 0.1) is 22.9 Å². The Kier molecular flexibility index (Phi) is 7.32. The van der Waals surface area contributed by atoms with Crippen molar-refractivity contribution in [3.05, 3.63) is 6.61 Å². The van der Waals surface area contributed by atoms with E-state index in [9.17, 15) is 14.4 Å². The minimum Gasteiger partial charge on any atom is -0.455 e. The lowest BCUT2D eigenvalue weighted by molar-refractivity contribution is -0.221. The number of carbonyl (C=O) groups is 3. The summed E-state index contributed by atoms with van der Waals surface area (Å²) in [5.41, 5.74) is -2.29. The van der Waals surface area contributed by atoms with Gasteiger partial charge < -0.3 is 18.9 Å². The highest BCUT2D eigenvalue weighted by Gasteiger charge is 2.48. The maximum Gasteiger partial charge on any atom is 0.311 e. The summed E-state index contributed by atoms with van der Waals surface area (Å²) in [4.78, 5) is 37.4. The van der Waals surface area contributed by atoms with Crippen LogP contribution in [0.25, 0.3) is 0 Å². The number of esters is 3. The first-order valence-corrected chi connectivity index (χ1v) is 9.56. The van der Waals surface area contributed by atoms with E-state index in [1.807, 2.05) is 0 Å². The van der Waals surface area contributed by atoms with Crippen LogP contribution >= 0.6 is 0 Å². The van der Waals surface area contributed by atoms with E-state index in [4.69, 9.17) is 18.9 Å². The normalized spacial score (nSPS) is 26.4. The van der Waals surface area contributed by atoms with Gasteiger partial charge in [0, 0.05) is 0 Å².